The van der Waals surface area contributed by atoms with Crippen LogP contribution in [0.15, 0.2) is 12.4 Å². The van der Waals surface area contributed by atoms with Gasteiger partial charge in [0.2, 0.25) is 0 Å². The first-order valence-corrected chi connectivity index (χ1v) is 17.0. The highest BCUT2D eigenvalue weighted by molar-refractivity contribution is 4.96. The monoisotopic (exact) mass is 505 g/mol. The quantitative estimate of drug-likeness (QED) is 0.0977. The van der Waals surface area contributed by atoms with Crippen LogP contribution < -0.4 is 0 Å². The van der Waals surface area contributed by atoms with Crippen LogP contribution >= 0.6 is 0 Å². The fraction of sp³-hybridized carbons (Fsp3) is 0.941. The smallest absolute Gasteiger partial charge is 0.101 e. The van der Waals surface area contributed by atoms with Crippen LogP contribution in [0.2, 0.25) is 0 Å². The Morgan fingerprint density at radius 2 is 0.694 bits per heavy atom. The van der Waals surface area contributed by atoms with Crippen LogP contribution in [0, 0.1) is 0 Å². The molecule has 1 heterocycles. The molecule has 36 heavy (non-hydrogen) atoms. The number of rotatable bonds is 28. The Balaban J connectivity index is 2.00. The molecule has 1 aliphatic rings. The van der Waals surface area contributed by atoms with Crippen LogP contribution in [0.5, 0.6) is 0 Å². The minimum atomic E-state index is 0.640. The second-order valence-electron chi connectivity index (χ2n) is 11.8. The molecule has 2 nitrogen and oxygen atoms in total. The van der Waals surface area contributed by atoms with Crippen LogP contribution in [-0.2, 0) is 0 Å². The first-order valence-electron chi connectivity index (χ1n) is 17.0. The molecule has 1 aliphatic heterocycles. The minimum Gasteiger partial charge on any atom is -0.356 e. The van der Waals surface area contributed by atoms with E-state index in [1.54, 1.807) is 0 Å². The third-order valence-corrected chi connectivity index (χ3v) is 8.28. The van der Waals surface area contributed by atoms with E-state index >= 15 is 0 Å². The molecule has 2 heteroatoms. The molecule has 0 radical (unpaired) electrons. The molecule has 0 fully saturated rings. The summed E-state index contributed by atoms with van der Waals surface area (Å²) in [6.45, 7) is 9.41. The van der Waals surface area contributed by atoms with Crippen LogP contribution in [0.4, 0.5) is 0 Å². The molecule has 214 valence electrons. The van der Waals surface area contributed by atoms with Crippen LogP contribution in [0.1, 0.15) is 188 Å². The highest BCUT2D eigenvalue weighted by Gasteiger charge is 2.24. The largest absolute Gasteiger partial charge is 0.356 e. The number of hydrogen-bond donors (Lipinski definition) is 0. The summed E-state index contributed by atoms with van der Waals surface area (Å²) < 4.78 is 0. The standard InChI is InChI=1S/C34H68N2/c1-4-7-9-11-13-15-16-17-18-19-20-22-24-26-28-31-36-33-32-35(30-6-3)34(36)29-27-25-23-21-14-12-10-8-5-2/h32-34H,4-31H2,1-3H3. The summed E-state index contributed by atoms with van der Waals surface area (Å²) in [4.78, 5) is 5.29. The van der Waals surface area contributed by atoms with Gasteiger partial charge in [0.05, 0.1) is 0 Å². The Hall–Kier alpha value is -0.660. The van der Waals surface area contributed by atoms with E-state index in [2.05, 4.69) is 43.0 Å². The van der Waals surface area contributed by atoms with E-state index in [9.17, 15) is 0 Å². The SMILES string of the molecule is CCCCCCCCCCCCCCCCCN1C=CN(CCC)C1CCCCCCCCCCC. The molecule has 1 unspecified atom stereocenters. The Morgan fingerprint density at radius 3 is 1.08 bits per heavy atom. The molecule has 0 aliphatic carbocycles. The number of hydrogen-bond acceptors (Lipinski definition) is 2. The molecule has 0 bridgehead atoms. The predicted molar refractivity (Wildman–Crippen MR) is 163 cm³/mol. The van der Waals surface area contributed by atoms with Gasteiger partial charge in [-0.05, 0) is 25.7 Å². The van der Waals surface area contributed by atoms with Crippen molar-refractivity contribution in [3.63, 3.8) is 0 Å². The van der Waals surface area contributed by atoms with Gasteiger partial charge in [0.15, 0.2) is 0 Å². The summed E-state index contributed by atoms with van der Waals surface area (Å²) in [6.07, 6.45) is 42.6. The van der Waals surface area contributed by atoms with Gasteiger partial charge < -0.3 is 9.80 Å². The minimum absolute atomic E-state index is 0.640. The molecule has 0 saturated carbocycles. The summed E-state index contributed by atoms with van der Waals surface area (Å²) in [7, 11) is 0. The van der Waals surface area contributed by atoms with Gasteiger partial charge in [0, 0.05) is 25.5 Å². The number of nitrogens with zero attached hydrogens (tertiary/aromatic N) is 2. The fourth-order valence-electron chi connectivity index (χ4n) is 5.90. The third-order valence-electron chi connectivity index (χ3n) is 8.28. The van der Waals surface area contributed by atoms with E-state index in [4.69, 9.17) is 0 Å². The van der Waals surface area contributed by atoms with E-state index in [1.165, 1.54) is 180 Å². The lowest BCUT2D eigenvalue weighted by Gasteiger charge is -2.33. The van der Waals surface area contributed by atoms with Crippen molar-refractivity contribution in [2.45, 2.75) is 194 Å². The second kappa shape index (κ2) is 26.0. The molecule has 0 amide bonds. The maximum Gasteiger partial charge on any atom is 0.101 e. The van der Waals surface area contributed by atoms with Crippen molar-refractivity contribution in [3.05, 3.63) is 12.4 Å². The first kappa shape index (κ1) is 33.4. The lowest BCUT2D eigenvalue weighted by atomic mass is 10.0. The van der Waals surface area contributed by atoms with Gasteiger partial charge in [-0.2, -0.15) is 0 Å². The van der Waals surface area contributed by atoms with Gasteiger partial charge in [0.1, 0.15) is 6.17 Å². The lowest BCUT2D eigenvalue weighted by molar-refractivity contribution is 0.137. The van der Waals surface area contributed by atoms with Gasteiger partial charge in [-0.15, -0.1) is 0 Å². The van der Waals surface area contributed by atoms with Gasteiger partial charge in [0.25, 0.3) is 0 Å². The number of unbranched alkanes of at least 4 members (excludes halogenated alkanes) is 22. The van der Waals surface area contributed by atoms with Gasteiger partial charge in [-0.25, -0.2) is 0 Å². The first-order chi connectivity index (χ1) is 17.8. The topological polar surface area (TPSA) is 6.48 Å². The van der Waals surface area contributed by atoms with E-state index < -0.39 is 0 Å². The molecule has 0 spiro atoms. The summed E-state index contributed by atoms with van der Waals surface area (Å²) >= 11 is 0. The average Bonchev–Trinajstić information content (AvgIpc) is 3.26. The van der Waals surface area contributed by atoms with Crippen molar-refractivity contribution >= 4 is 0 Å². The van der Waals surface area contributed by atoms with E-state index in [0.29, 0.717) is 6.17 Å². The van der Waals surface area contributed by atoms with Crippen LogP contribution in [-0.4, -0.2) is 29.1 Å². The van der Waals surface area contributed by atoms with Crippen molar-refractivity contribution in [2.24, 2.45) is 0 Å². The molecule has 0 aromatic heterocycles. The summed E-state index contributed by atoms with van der Waals surface area (Å²) in [5.41, 5.74) is 0. The van der Waals surface area contributed by atoms with E-state index in [1.807, 2.05) is 0 Å². The van der Waals surface area contributed by atoms with Crippen molar-refractivity contribution < 1.29 is 0 Å². The Labute approximate surface area is 229 Å². The summed E-state index contributed by atoms with van der Waals surface area (Å²) in [5, 5.41) is 0. The van der Waals surface area contributed by atoms with Crippen molar-refractivity contribution in [1.29, 1.82) is 0 Å². The van der Waals surface area contributed by atoms with Gasteiger partial charge in [-0.3, -0.25) is 0 Å². The lowest BCUT2D eigenvalue weighted by Crippen LogP contribution is -2.39. The Kier molecular flexibility index (Phi) is 24.1. The predicted octanol–water partition coefficient (Wildman–Crippen LogP) is 11.6. The molecular weight excluding hydrogens is 436 g/mol. The zero-order valence-electron chi connectivity index (χ0n) is 25.4. The van der Waals surface area contributed by atoms with Crippen molar-refractivity contribution in [3.8, 4) is 0 Å². The highest BCUT2D eigenvalue weighted by Crippen LogP contribution is 2.23. The maximum absolute atomic E-state index is 2.67. The zero-order chi connectivity index (χ0) is 25.9. The third kappa shape index (κ3) is 18.6. The van der Waals surface area contributed by atoms with Crippen molar-refractivity contribution in [2.75, 3.05) is 13.1 Å². The fourth-order valence-corrected chi connectivity index (χ4v) is 5.90. The molecule has 0 N–H and O–H groups in total. The molecule has 0 aromatic rings. The summed E-state index contributed by atoms with van der Waals surface area (Å²) in [5.74, 6) is 0. The highest BCUT2D eigenvalue weighted by atomic mass is 15.4. The van der Waals surface area contributed by atoms with E-state index in [-0.39, 0.29) is 0 Å². The van der Waals surface area contributed by atoms with Gasteiger partial charge in [-0.1, -0.05) is 162 Å². The second-order valence-corrected chi connectivity index (χ2v) is 11.8. The zero-order valence-corrected chi connectivity index (χ0v) is 25.4. The normalized spacial score (nSPS) is 15.5. The Bertz CT molecular complexity index is 460. The molecule has 0 aromatic carbocycles. The molecule has 1 atom stereocenters. The molecule has 1 rings (SSSR count). The average molecular weight is 505 g/mol. The van der Waals surface area contributed by atoms with Crippen LogP contribution in [0.25, 0.3) is 0 Å². The van der Waals surface area contributed by atoms with Gasteiger partial charge >= 0.3 is 0 Å². The molecular formula is C34H68N2. The van der Waals surface area contributed by atoms with E-state index in [0.717, 1.165) is 0 Å². The molecule has 0 saturated heterocycles. The Morgan fingerprint density at radius 1 is 0.361 bits per heavy atom. The summed E-state index contributed by atoms with van der Waals surface area (Å²) in [6, 6.07) is 0. The van der Waals surface area contributed by atoms with Crippen molar-refractivity contribution in [1.82, 2.24) is 9.80 Å². The maximum atomic E-state index is 2.67. The van der Waals surface area contributed by atoms with Crippen LogP contribution in [0.3, 0.4) is 0 Å².